The molecule has 0 unspecified atom stereocenters. The molecule has 1 spiro atoms. The van der Waals surface area contributed by atoms with Gasteiger partial charge >= 0.3 is 0 Å². The van der Waals surface area contributed by atoms with Crippen LogP contribution in [0.25, 0.3) is 0 Å². The highest BCUT2D eigenvalue weighted by Crippen LogP contribution is 2.33. The van der Waals surface area contributed by atoms with Gasteiger partial charge in [-0.25, -0.2) is 4.39 Å². The summed E-state index contributed by atoms with van der Waals surface area (Å²) in [5, 5.41) is 3.75. The molecule has 0 bridgehead atoms. The fourth-order valence-electron chi connectivity index (χ4n) is 3.63. The molecule has 1 saturated carbocycles. The Morgan fingerprint density at radius 1 is 1.16 bits per heavy atom. The van der Waals surface area contributed by atoms with Crippen molar-refractivity contribution in [2.75, 3.05) is 24.5 Å². The van der Waals surface area contributed by atoms with Crippen LogP contribution in [0.15, 0.2) is 18.2 Å². The number of halogens is 1. The van der Waals surface area contributed by atoms with Crippen molar-refractivity contribution in [3.8, 4) is 0 Å². The highest BCUT2D eigenvalue weighted by Gasteiger charge is 2.36. The lowest BCUT2D eigenvalue weighted by molar-refractivity contribution is 0.354. The topological polar surface area (TPSA) is 15.3 Å². The van der Waals surface area contributed by atoms with Crippen LogP contribution in [0.3, 0.4) is 0 Å². The van der Waals surface area contributed by atoms with Crippen molar-refractivity contribution < 1.29 is 4.39 Å². The predicted octanol–water partition coefficient (Wildman–Crippen LogP) is 3.25. The first-order chi connectivity index (χ1) is 9.17. The number of hydrogen-bond acceptors (Lipinski definition) is 2. The predicted molar refractivity (Wildman–Crippen MR) is 77.2 cm³/mol. The van der Waals surface area contributed by atoms with Crippen LogP contribution in [-0.4, -0.2) is 25.2 Å². The van der Waals surface area contributed by atoms with E-state index in [0.29, 0.717) is 0 Å². The van der Waals surface area contributed by atoms with Gasteiger partial charge in [-0.3, -0.25) is 0 Å². The lowest BCUT2D eigenvalue weighted by Crippen LogP contribution is -2.49. The summed E-state index contributed by atoms with van der Waals surface area (Å²) in [5.41, 5.74) is 2.33. The summed E-state index contributed by atoms with van der Waals surface area (Å²) in [6, 6.07) is 5.39. The van der Waals surface area contributed by atoms with Gasteiger partial charge in [-0.2, -0.15) is 0 Å². The third-order valence-electron chi connectivity index (χ3n) is 4.55. The molecule has 1 saturated heterocycles. The van der Waals surface area contributed by atoms with Gasteiger partial charge in [0, 0.05) is 24.3 Å². The van der Waals surface area contributed by atoms with Gasteiger partial charge < -0.3 is 10.2 Å². The summed E-state index contributed by atoms with van der Waals surface area (Å²) < 4.78 is 13.6. The summed E-state index contributed by atoms with van der Waals surface area (Å²) in [7, 11) is 0. The molecular weight excluding hydrogens is 239 g/mol. The molecule has 0 aromatic heterocycles. The molecule has 1 N–H and O–H groups in total. The second-order valence-electron chi connectivity index (χ2n) is 6.18. The molecule has 104 valence electrons. The van der Waals surface area contributed by atoms with Crippen LogP contribution in [0.4, 0.5) is 10.1 Å². The first-order valence-corrected chi connectivity index (χ1v) is 7.44. The number of nitrogens with one attached hydrogen (secondary N) is 1. The lowest BCUT2D eigenvalue weighted by Gasteiger charge is -2.34. The van der Waals surface area contributed by atoms with E-state index < -0.39 is 0 Å². The van der Waals surface area contributed by atoms with Gasteiger partial charge in [-0.1, -0.05) is 12.8 Å². The van der Waals surface area contributed by atoms with Crippen LogP contribution in [0, 0.1) is 12.7 Å². The van der Waals surface area contributed by atoms with E-state index in [2.05, 4.69) is 16.3 Å². The van der Waals surface area contributed by atoms with Crippen molar-refractivity contribution >= 4 is 5.69 Å². The Bertz CT molecular complexity index is 432. The van der Waals surface area contributed by atoms with Gasteiger partial charge in [0.2, 0.25) is 0 Å². The minimum atomic E-state index is -0.118. The molecule has 2 nitrogen and oxygen atoms in total. The Balaban J connectivity index is 1.86. The Hall–Kier alpha value is -1.09. The van der Waals surface area contributed by atoms with E-state index in [1.165, 1.54) is 25.7 Å². The maximum absolute atomic E-state index is 13.6. The van der Waals surface area contributed by atoms with Crippen LogP contribution in [0.5, 0.6) is 0 Å². The van der Waals surface area contributed by atoms with Crippen molar-refractivity contribution in [1.29, 1.82) is 0 Å². The number of aryl methyl sites for hydroxylation is 1. The SMILES string of the molecule is Cc1cc(F)cc(N2CCCNC3(CCCC3)C2)c1. The molecule has 3 rings (SSSR count). The summed E-state index contributed by atoms with van der Waals surface area (Å²) in [5.74, 6) is -0.118. The molecular formula is C16H23FN2. The summed E-state index contributed by atoms with van der Waals surface area (Å²) in [6.45, 7) is 5.10. The molecule has 0 atom stereocenters. The van der Waals surface area contributed by atoms with E-state index >= 15 is 0 Å². The van der Waals surface area contributed by atoms with E-state index in [-0.39, 0.29) is 11.4 Å². The minimum absolute atomic E-state index is 0.118. The first-order valence-electron chi connectivity index (χ1n) is 7.44. The van der Waals surface area contributed by atoms with Crippen LogP contribution < -0.4 is 10.2 Å². The molecule has 1 aromatic rings. The van der Waals surface area contributed by atoms with Crippen molar-refractivity contribution in [3.05, 3.63) is 29.6 Å². The van der Waals surface area contributed by atoms with Crippen molar-refractivity contribution in [2.24, 2.45) is 0 Å². The second kappa shape index (κ2) is 5.12. The Kier molecular flexibility index (Phi) is 3.48. The molecule has 2 fully saturated rings. The average Bonchev–Trinajstić information content (AvgIpc) is 2.69. The quantitative estimate of drug-likeness (QED) is 0.836. The Morgan fingerprint density at radius 3 is 2.68 bits per heavy atom. The molecule has 1 aliphatic carbocycles. The largest absolute Gasteiger partial charge is 0.370 e. The zero-order valence-electron chi connectivity index (χ0n) is 11.7. The van der Waals surface area contributed by atoms with Gasteiger partial charge in [0.05, 0.1) is 0 Å². The van der Waals surface area contributed by atoms with Crippen molar-refractivity contribution in [2.45, 2.75) is 44.6 Å². The highest BCUT2D eigenvalue weighted by atomic mass is 19.1. The van der Waals surface area contributed by atoms with Crippen LogP contribution >= 0.6 is 0 Å². The standard InChI is InChI=1S/C16H23FN2/c1-13-9-14(17)11-15(10-13)19-8-4-7-18-16(12-19)5-2-3-6-16/h9-11,18H,2-8,12H2,1H3. The number of hydrogen-bond donors (Lipinski definition) is 1. The summed E-state index contributed by atoms with van der Waals surface area (Å²) in [4.78, 5) is 2.38. The fraction of sp³-hybridized carbons (Fsp3) is 0.625. The van der Waals surface area contributed by atoms with Gasteiger partial charge in [-0.15, -0.1) is 0 Å². The third-order valence-corrected chi connectivity index (χ3v) is 4.55. The zero-order chi connectivity index (χ0) is 13.3. The normalized spacial score (nSPS) is 22.7. The molecule has 19 heavy (non-hydrogen) atoms. The molecule has 3 heteroatoms. The maximum atomic E-state index is 13.6. The van der Waals surface area contributed by atoms with Crippen LogP contribution in [-0.2, 0) is 0 Å². The number of rotatable bonds is 1. The Morgan fingerprint density at radius 2 is 1.95 bits per heavy atom. The van der Waals surface area contributed by atoms with E-state index in [9.17, 15) is 4.39 Å². The summed E-state index contributed by atoms with van der Waals surface area (Å²) >= 11 is 0. The maximum Gasteiger partial charge on any atom is 0.125 e. The van der Waals surface area contributed by atoms with Gasteiger partial charge in [0.1, 0.15) is 5.82 Å². The van der Waals surface area contributed by atoms with Gasteiger partial charge in [0.25, 0.3) is 0 Å². The zero-order valence-corrected chi connectivity index (χ0v) is 11.7. The Labute approximate surface area is 115 Å². The third kappa shape index (κ3) is 2.76. The lowest BCUT2D eigenvalue weighted by atomic mass is 9.97. The summed E-state index contributed by atoms with van der Waals surface area (Å²) in [6.07, 6.45) is 6.30. The molecule has 1 aliphatic heterocycles. The monoisotopic (exact) mass is 262 g/mol. The van der Waals surface area contributed by atoms with E-state index in [1.807, 2.05) is 6.92 Å². The van der Waals surface area contributed by atoms with Crippen molar-refractivity contribution in [1.82, 2.24) is 5.32 Å². The number of benzene rings is 1. The highest BCUT2D eigenvalue weighted by molar-refractivity contribution is 5.49. The fourth-order valence-corrected chi connectivity index (χ4v) is 3.63. The van der Waals surface area contributed by atoms with E-state index in [1.54, 1.807) is 12.1 Å². The molecule has 0 radical (unpaired) electrons. The van der Waals surface area contributed by atoms with E-state index in [0.717, 1.165) is 37.3 Å². The number of anilines is 1. The van der Waals surface area contributed by atoms with Crippen LogP contribution in [0.1, 0.15) is 37.7 Å². The molecule has 1 aromatic carbocycles. The van der Waals surface area contributed by atoms with Crippen molar-refractivity contribution in [3.63, 3.8) is 0 Å². The van der Waals surface area contributed by atoms with Gasteiger partial charge in [0.15, 0.2) is 0 Å². The van der Waals surface area contributed by atoms with E-state index in [4.69, 9.17) is 0 Å². The second-order valence-corrected chi connectivity index (χ2v) is 6.18. The average molecular weight is 262 g/mol. The molecule has 2 aliphatic rings. The minimum Gasteiger partial charge on any atom is -0.370 e. The first kappa shape index (κ1) is 12.9. The number of nitrogens with zero attached hydrogens (tertiary/aromatic N) is 1. The van der Waals surface area contributed by atoms with Crippen LogP contribution in [0.2, 0.25) is 0 Å². The van der Waals surface area contributed by atoms with Gasteiger partial charge in [-0.05, 0) is 56.5 Å². The smallest absolute Gasteiger partial charge is 0.125 e. The molecule has 0 amide bonds. The molecule has 1 heterocycles.